The van der Waals surface area contributed by atoms with E-state index in [1.807, 2.05) is 6.20 Å². The molecule has 1 aliphatic carbocycles. The summed E-state index contributed by atoms with van der Waals surface area (Å²) in [5.74, 6) is 0. The summed E-state index contributed by atoms with van der Waals surface area (Å²) in [6.07, 6.45) is 7.92. The second kappa shape index (κ2) is 6.70. The van der Waals surface area contributed by atoms with Crippen LogP contribution in [0.1, 0.15) is 78.5 Å². The van der Waals surface area contributed by atoms with E-state index in [0.717, 1.165) is 19.7 Å². The maximum absolute atomic E-state index is 6.27. The van der Waals surface area contributed by atoms with Crippen LogP contribution >= 0.6 is 0 Å². The van der Waals surface area contributed by atoms with Crippen molar-refractivity contribution in [2.24, 2.45) is 10.8 Å². The lowest BCUT2D eigenvalue weighted by molar-refractivity contribution is -0.0354. The highest BCUT2D eigenvalue weighted by Gasteiger charge is 2.46. The van der Waals surface area contributed by atoms with Crippen molar-refractivity contribution in [2.75, 3.05) is 20.2 Å². The van der Waals surface area contributed by atoms with Crippen LogP contribution in [-0.2, 0) is 11.3 Å². The third kappa shape index (κ3) is 4.65. The molecule has 0 atom stereocenters. The first-order valence-corrected chi connectivity index (χ1v) is 9.93. The molecule has 2 fully saturated rings. The topological polar surface area (TPSA) is 30.3 Å². The van der Waals surface area contributed by atoms with Gasteiger partial charge in [0, 0.05) is 19.3 Å². The van der Waals surface area contributed by atoms with Crippen molar-refractivity contribution in [1.29, 1.82) is 0 Å². The summed E-state index contributed by atoms with van der Waals surface area (Å²) in [6.45, 7) is 14.5. The fraction of sp³-hybridized carbons (Fsp3) is 0.857. The lowest BCUT2D eigenvalue weighted by Gasteiger charge is -2.37. The minimum Gasteiger partial charge on any atom is -0.374 e. The standard InChI is InChI=1S/C21H37N3O/c1-19(2,3)15-23(6)13-18-9-12-22-24(18)17-7-10-21(11-8-17)14-20(4,5)16-25-21/h9,12,17H,7-8,10-11,13-16H2,1-6H3. The third-order valence-corrected chi connectivity index (χ3v) is 5.71. The fourth-order valence-electron chi connectivity index (χ4n) is 4.95. The van der Waals surface area contributed by atoms with Gasteiger partial charge in [-0.1, -0.05) is 34.6 Å². The van der Waals surface area contributed by atoms with E-state index in [1.54, 1.807) is 0 Å². The van der Waals surface area contributed by atoms with Gasteiger partial charge in [-0.25, -0.2) is 0 Å². The van der Waals surface area contributed by atoms with Crippen molar-refractivity contribution < 1.29 is 4.74 Å². The van der Waals surface area contributed by atoms with E-state index >= 15 is 0 Å². The minimum absolute atomic E-state index is 0.149. The van der Waals surface area contributed by atoms with Gasteiger partial charge in [-0.2, -0.15) is 5.10 Å². The molecule has 1 saturated heterocycles. The Morgan fingerprint density at radius 1 is 1.28 bits per heavy atom. The Kier molecular flexibility index (Phi) is 5.06. The number of hydrogen-bond donors (Lipinski definition) is 0. The van der Waals surface area contributed by atoms with Gasteiger partial charge in [0.05, 0.1) is 23.9 Å². The molecule has 0 unspecified atom stereocenters. The molecular formula is C21H37N3O. The molecule has 0 bridgehead atoms. The van der Waals surface area contributed by atoms with Crippen LogP contribution in [0.2, 0.25) is 0 Å². The highest BCUT2D eigenvalue weighted by atomic mass is 16.5. The van der Waals surface area contributed by atoms with Crippen LogP contribution < -0.4 is 0 Å². The molecule has 0 amide bonds. The van der Waals surface area contributed by atoms with Crippen LogP contribution in [0.4, 0.5) is 0 Å². The van der Waals surface area contributed by atoms with Crippen molar-refractivity contribution >= 4 is 0 Å². The zero-order chi connectivity index (χ0) is 18.3. The molecule has 0 radical (unpaired) electrons. The maximum atomic E-state index is 6.27. The van der Waals surface area contributed by atoms with E-state index in [2.05, 4.69) is 62.4 Å². The lowest BCUT2D eigenvalue weighted by atomic mass is 9.75. The molecule has 25 heavy (non-hydrogen) atoms. The zero-order valence-corrected chi connectivity index (χ0v) is 17.1. The van der Waals surface area contributed by atoms with Crippen LogP contribution in [-0.4, -0.2) is 40.5 Å². The van der Waals surface area contributed by atoms with Gasteiger partial charge >= 0.3 is 0 Å². The van der Waals surface area contributed by atoms with Crippen molar-refractivity contribution in [1.82, 2.24) is 14.7 Å². The molecule has 4 heteroatoms. The quantitative estimate of drug-likeness (QED) is 0.793. The molecule has 1 aromatic rings. The Hall–Kier alpha value is -0.870. The Labute approximate surface area is 153 Å². The monoisotopic (exact) mass is 347 g/mol. The fourth-order valence-corrected chi connectivity index (χ4v) is 4.95. The van der Waals surface area contributed by atoms with E-state index in [0.29, 0.717) is 16.9 Å². The van der Waals surface area contributed by atoms with Gasteiger partial charge in [-0.05, 0) is 56.0 Å². The molecule has 3 rings (SSSR count). The second-order valence-electron chi connectivity index (χ2n) is 10.5. The number of aromatic nitrogens is 2. The minimum atomic E-state index is 0.149. The van der Waals surface area contributed by atoms with Crippen LogP contribution in [0.15, 0.2) is 12.3 Å². The van der Waals surface area contributed by atoms with Gasteiger partial charge < -0.3 is 9.64 Å². The normalized spacial score (nSPS) is 29.6. The summed E-state index contributed by atoms with van der Waals surface area (Å²) in [4.78, 5) is 2.42. The number of ether oxygens (including phenoxy) is 1. The lowest BCUT2D eigenvalue weighted by Crippen LogP contribution is -2.36. The Bertz CT molecular complexity index is 576. The number of rotatable bonds is 4. The van der Waals surface area contributed by atoms with Crippen LogP contribution in [0, 0.1) is 10.8 Å². The van der Waals surface area contributed by atoms with Crippen LogP contribution in [0.3, 0.4) is 0 Å². The van der Waals surface area contributed by atoms with E-state index in [1.165, 1.54) is 37.8 Å². The average molecular weight is 348 g/mol. The summed E-state index contributed by atoms with van der Waals surface area (Å²) in [7, 11) is 2.22. The SMILES string of the molecule is CN(Cc1ccnn1C1CCC2(CC1)CC(C)(C)CO2)CC(C)(C)C. The van der Waals surface area contributed by atoms with Gasteiger partial charge in [-0.3, -0.25) is 4.68 Å². The highest BCUT2D eigenvalue weighted by Crippen LogP contribution is 2.48. The van der Waals surface area contributed by atoms with E-state index in [4.69, 9.17) is 4.74 Å². The maximum Gasteiger partial charge on any atom is 0.0690 e. The van der Waals surface area contributed by atoms with Crippen molar-refractivity contribution in [2.45, 2.75) is 84.9 Å². The van der Waals surface area contributed by atoms with Gasteiger partial charge in [-0.15, -0.1) is 0 Å². The Balaban J connectivity index is 1.60. The van der Waals surface area contributed by atoms with E-state index < -0.39 is 0 Å². The van der Waals surface area contributed by atoms with Crippen molar-refractivity contribution in [3.05, 3.63) is 18.0 Å². The van der Waals surface area contributed by atoms with Crippen molar-refractivity contribution in [3.8, 4) is 0 Å². The average Bonchev–Trinajstić information content (AvgIpc) is 3.03. The van der Waals surface area contributed by atoms with Gasteiger partial charge in [0.25, 0.3) is 0 Å². The molecule has 1 saturated carbocycles. The number of hydrogen-bond acceptors (Lipinski definition) is 3. The first-order valence-electron chi connectivity index (χ1n) is 9.93. The zero-order valence-electron chi connectivity index (χ0n) is 17.1. The summed E-state index contributed by atoms with van der Waals surface area (Å²) in [6, 6.07) is 2.73. The molecule has 0 N–H and O–H groups in total. The predicted molar refractivity (Wildman–Crippen MR) is 103 cm³/mol. The van der Waals surface area contributed by atoms with E-state index in [-0.39, 0.29) is 5.60 Å². The molecule has 1 aliphatic heterocycles. The van der Waals surface area contributed by atoms with E-state index in [9.17, 15) is 0 Å². The first-order chi connectivity index (χ1) is 11.6. The summed E-state index contributed by atoms with van der Waals surface area (Å²) >= 11 is 0. The molecule has 2 heterocycles. The smallest absolute Gasteiger partial charge is 0.0690 e. The van der Waals surface area contributed by atoms with Crippen LogP contribution in [0.25, 0.3) is 0 Å². The second-order valence-corrected chi connectivity index (χ2v) is 10.5. The third-order valence-electron chi connectivity index (χ3n) is 5.71. The van der Waals surface area contributed by atoms with Gasteiger partial charge in [0.2, 0.25) is 0 Å². The Morgan fingerprint density at radius 3 is 2.52 bits per heavy atom. The molecule has 1 aromatic heterocycles. The Morgan fingerprint density at radius 2 is 1.96 bits per heavy atom. The van der Waals surface area contributed by atoms with Crippen molar-refractivity contribution in [3.63, 3.8) is 0 Å². The molecule has 0 aromatic carbocycles. The molecule has 1 spiro atoms. The first kappa shape index (κ1) is 18.9. The van der Waals surface area contributed by atoms with Gasteiger partial charge in [0.1, 0.15) is 0 Å². The summed E-state index contributed by atoms with van der Waals surface area (Å²) in [5.41, 5.74) is 2.17. The van der Waals surface area contributed by atoms with Crippen LogP contribution in [0.5, 0.6) is 0 Å². The molecule has 2 aliphatic rings. The highest BCUT2D eigenvalue weighted by molar-refractivity contribution is 5.04. The molecule has 142 valence electrons. The molecular weight excluding hydrogens is 310 g/mol. The molecule has 4 nitrogen and oxygen atoms in total. The predicted octanol–water partition coefficient (Wildman–Crippen LogP) is 4.66. The largest absolute Gasteiger partial charge is 0.374 e. The summed E-state index contributed by atoms with van der Waals surface area (Å²) in [5, 5.41) is 4.68. The number of nitrogens with zero attached hydrogens (tertiary/aromatic N) is 3. The van der Waals surface area contributed by atoms with Gasteiger partial charge in [0.15, 0.2) is 0 Å². The summed E-state index contributed by atoms with van der Waals surface area (Å²) < 4.78 is 8.57.